The lowest BCUT2D eigenvalue weighted by molar-refractivity contribution is 0.144. The van der Waals surface area contributed by atoms with Crippen LogP contribution in [0.2, 0.25) is 0 Å². The molecular formula is C14H23N3O3S2. The molecule has 1 aromatic heterocycles. The first kappa shape index (κ1) is 16.1. The number of hydrogen-bond donors (Lipinski definition) is 0. The number of rotatable bonds is 4. The molecule has 8 heteroatoms. The van der Waals surface area contributed by atoms with Crippen LogP contribution in [0.3, 0.4) is 0 Å². The Morgan fingerprint density at radius 3 is 2.68 bits per heavy atom. The predicted molar refractivity (Wildman–Crippen MR) is 85.8 cm³/mol. The Morgan fingerprint density at radius 1 is 1.32 bits per heavy atom. The second-order valence-corrected chi connectivity index (χ2v) is 9.25. The third-order valence-electron chi connectivity index (χ3n) is 4.65. The molecule has 6 nitrogen and oxygen atoms in total. The maximum atomic E-state index is 11.5. The van der Waals surface area contributed by atoms with E-state index >= 15 is 0 Å². The second kappa shape index (κ2) is 6.41. The average molecular weight is 345 g/mol. The molecule has 0 spiro atoms. The van der Waals surface area contributed by atoms with Crippen LogP contribution in [0.15, 0.2) is 4.42 Å². The molecule has 3 heterocycles. The Balaban J connectivity index is 1.60. The summed E-state index contributed by atoms with van der Waals surface area (Å²) < 4.78 is 30.3. The average Bonchev–Trinajstić information content (AvgIpc) is 2.96. The molecule has 2 aliphatic rings. The van der Waals surface area contributed by atoms with Crippen molar-refractivity contribution >= 4 is 22.1 Å². The number of nitrogens with zero attached hydrogens (tertiary/aromatic N) is 3. The van der Waals surface area contributed by atoms with Crippen LogP contribution in [-0.2, 0) is 22.9 Å². The quantitative estimate of drug-likeness (QED) is 0.776. The topological polar surface area (TPSA) is 68.3 Å². The van der Waals surface area contributed by atoms with Crippen LogP contribution >= 0.6 is 12.2 Å². The zero-order chi connectivity index (χ0) is 15.7. The standard InChI is InChI=1S/C14H23N3O3S2/c1-11-2-5-16(6-3-11)10-17-14(21)20-13(15-17)8-12-4-7-22(18,19)9-12/h11-12H,2-10H2,1H3. The minimum Gasteiger partial charge on any atom is -0.414 e. The molecule has 0 bridgehead atoms. The van der Waals surface area contributed by atoms with Gasteiger partial charge in [-0.15, -0.1) is 5.10 Å². The molecule has 1 atom stereocenters. The van der Waals surface area contributed by atoms with Gasteiger partial charge in [0, 0.05) is 19.5 Å². The van der Waals surface area contributed by atoms with Crippen LogP contribution in [-0.4, -0.2) is 47.7 Å². The van der Waals surface area contributed by atoms with Crippen LogP contribution in [0.25, 0.3) is 0 Å². The lowest BCUT2D eigenvalue weighted by Gasteiger charge is -2.29. The molecule has 0 aliphatic carbocycles. The normalized spacial score (nSPS) is 26.5. The zero-order valence-electron chi connectivity index (χ0n) is 12.9. The van der Waals surface area contributed by atoms with E-state index in [0.717, 1.165) is 19.0 Å². The molecule has 22 heavy (non-hydrogen) atoms. The molecule has 124 valence electrons. The summed E-state index contributed by atoms with van der Waals surface area (Å²) in [5.74, 6) is 2.00. The van der Waals surface area contributed by atoms with Gasteiger partial charge in [0.1, 0.15) is 0 Å². The van der Waals surface area contributed by atoms with Crippen LogP contribution in [0, 0.1) is 16.7 Å². The molecule has 2 saturated heterocycles. The highest BCUT2D eigenvalue weighted by atomic mass is 32.2. The minimum atomic E-state index is -2.86. The van der Waals surface area contributed by atoms with Gasteiger partial charge in [0.05, 0.1) is 18.2 Å². The van der Waals surface area contributed by atoms with Crippen molar-refractivity contribution in [3.63, 3.8) is 0 Å². The maximum Gasteiger partial charge on any atom is 0.288 e. The lowest BCUT2D eigenvalue weighted by atomic mass is 10.00. The fourth-order valence-corrected chi connectivity index (χ4v) is 5.25. The first-order valence-electron chi connectivity index (χ1n) is 7.91. The van der Waals surface area contributed by atoms with Crippen molar-refractivity contribution in [3.05, 3.63) is 10.7 Å². The summed E-state index contributed by atoms with van der Waals surface area (Å²) in [5, 5.41) is 4.44. The fraction of sp³-hybridized carbons (Fsp3) is 0.857. The Morgan fingerprint density at radius 2 is 2.05 bits per heavy atom. The van der Waals surface area contributed by atoms with E-state index in [4.69, 9.17) is 16.6 Å². The van der Waals surface area contributed by atoms with Crippen molar-refractivity contribution in [1.29, 1.82) is 0 Å². The third kappa shape index (κ3) is 3.97. The van der Waals surface area contributed by atoms with Crippen molar-refractivity contribution in [3.8, 4) is 0 Å². The largest absolute Gasteiger partial charge is 0.414 e. The summed E-state index contributed by atoms with van der Waals surface area (Å²) in [6.07, 6.45) is 3.67. The van der Waals surface area contributed by atoms with Gasteiger partial charge in [-0.3, -0.25) is 4.90 Å². The molecule has 1 aromatic rings. The van der Waals surface area contributed by atoms with E-state index in [1.54, 1.807) is 4.68 Å². The maximum absolute atomic E-state index is 11.5. The Kier molecular flexibility index (Phi) is 4.70. The third-order valence-corrected chi connectivity index (χ3v) is 6.78. The van der Waals surface area contributed by atoms with E-state index in [-0.39, 0.29) is 17.4 Å². The highest BCUT2D eigenvalue weighted by Crippen LogP contribution is 2.22. The van der Waals surface area contributed by atoms with Crippen LogP contribution in [0.5, 0.6) is 0 Å². The molecular weight excluding hydrogens is 322 g/mol. The number of hydrogen-bond acceptors (Lipinski definition) is 6. The van der Waals surface area contributed by atoms with Crippen molar-refractivity contribution < 1.29 is 12.8 Å². The first-order chi connectivity index (χ1) is 10.4. The summed E-state index contributed by atoms with van der Waals surface area (Å²) >= 11 is 5.24. The summed E-state index contributed by atoms with van der Waals surface area (Å²) in [6, 6.07) is 0. The molecule has 2 aliphatic heterocycles. The van der Waals surface area contributed by atoms with Crippen molar-refractivity contribution in [2.24, 2.45) is 11.8 Å². The number of likely N-dealkylation sites (tertiary alicyclic amines) is 1. The van der Waals surface area contributed by atoms with Gasteiger partial charge in [-0.1, -0.05) is 6.92 Å². The molecule has 3 rings (SSSR count). The molecule has 0 saturated carbocycles. The van der Waals surface area contributed by atoms with E-state index in [9.17, 15) is 8.42 Å². The van der Waals surface area contributed by atoms with E-state index in [2.05, 4.69) is 16.9 Å². The highest BCUT2D eigenvalue weighted by Gasteiger charge is 2.29. The Labute approximate surface area is 136 Å². The van der Waals surface area contributed by atoms with Gasteiger partial charge >= 0.3 is 0 Å². The van der Waals surface area contributed by atoms with Gasteiger partial charge in [0.2, 0.25) is 5.89 Å². The number of piperidine rings is 1. The first-order valence-corrected chi connectivity index (χ1v) is 10.1. The van der Waals surface area contributed by atoms with Crippen LogP contribution in [0.4, 0.5) is 0 Å². The zero-order valence-corrected chi connectivity index (χ0v) is 14.5. The van der Waals surface area contributed by atoms with Gasteiger partial charge in [-0.2, -0.15) is 0 Å². The van der Waals surface area contributed by atoms with Crippen molar-refractivity contribution in [2.75, 3.05) is 24.6 Å². The van der Waals surface area contributed by atoms with Crippen molar-refractivity contribution in [1.82, 2.24) is 14.7 Å². The summed E-state index contributed by atoms with van der Waals surface area (Å²) in [6.45, 7) is 5.07. The van der Waals surface area contributed by atoms with E-state index in [1.165, 1.54) is 12.8 Å². The van der Waals surface area contributed by atoms with E-state index in [1.807, 2.05) is 0 Å². The Bertz CT molecular complexity index is 672. The smallest absolute Gasteiger partial charge is 0.288 e. The predicted octanol–water partition coefficient (Wildman–Crippen LogP) is 1.87. The molecule has 0 radical (unpaired) electrons. The Hall–Kier alpha value is -0.730. The van der Waals surface area contributed by atoms with Gasteiger partial charge < -0.3 is 4.42 Å². The van der Waals surface area contributed by atoms with Crippen LogP contribution in [0.1, 0.15) is 32.1 Å². The van der Waals surface area contributed by atoms with Crippen LogP contribution < -0.4 is 0 Å². The van der Waals surface area contributed by atoms with E-state index in [0.29, 0.717) is 30.2 Å². The van der Waals surface area contributed by atoms with E-state index < -0.39 is 9.84 Å². The van der Waals surface area contributed by atoms with Gasteiger partial charge in [0.15, 0.2) is 9.84 Å². The monoisotopic (exact) mass is 345 g/mol. The second-order valence-electron chi connectivity index (χ2n) is 6.68. The number of sulfone groups is 1. The van der Waals surface area contributed by atoms with Gasteiger partial charge in [-0.25, -0.2) is 13.1 Å². The van der Waals surface area contributed by atoms with Gasteiger partial charge in [-0.05, 0) is 43.3 Å². The van der Waals surface area contributed by atoms with Crippen molar-refractivity contribution in [2.45, 2.75) is 39.3 Å². The summed E-state index contributed by atoms with van der Waals surface area (Å²) in [5.41, 5.74) is 0. The molecule has 2 fully saturated rings. The molecule has 0 amide bonds. The summed E-state index contributed by atoms with van der Waals surface area (Å²) in [7, 11) is -2.86. The minimum absolute atomic E-state index is 0.113. The molecule has 0 aromatic carbocycles. The lowest BCUT2D eigenvalue weighted by Crippen LogP contribution is -2.34. The number of aromatic nitrogens is 2. The fourth-order valence-electron chi connectivity index (χ4n) is 3.19. The highest BCUT2D eigenvalue weighted by molar-refractivity contribution is 7.91. The SMILES string of the molecule is CC1CCN(Cn2nc(CC3CCS(=O)(=O)C3)oc2=S)CC1. The molecule has 0 N–H and O–H groups in total. The summed E-state index contributed by atoms with van der Waals surface area (Å²) in [4.78, 5) is 2.72. The molecule has 1 unspecified atom stereocenters. The van der Waals surface area contributed by atoms with Gasteiger partial charge in [0.25, 0.3) is 4.84 Å².